The number of nitrogens with one attached hydrogen (secondary N) is 2. The summed E-state index contributed by atoms with van der Waals surface area (Å²) in [4.78, 5) is 54.9. The van der Waals surface area contributed by atoms with Crippen LogP contribution >= 0.6 is 23.1 Å². The lowest BCUT2D eigenvalue weighted by atomic mass is 10.0. The smallest absolute Gasteiger partial charge is 0.341 e. The van der Waals surface area contributed by atoms with E-state index in [-0.39, 0.29) is 24.0 Å². The summed E-state index contributed by atoms with van der Waals surface area (Å²) in [6.07, 6.45) is 1.03. The first-order valence-electron chi connectivity index (χ1n) is 13.9. The van der Waals surface area contributed by atoms with E-state index in [9.17, 15) is 19.2 Å². The van der Waals surface area contributed by atoms with Crippen molar-refractivity contribution in [3.05, 3.63) is 64.0 Å². The largest absolute Gasteiger partial charge is 0.496 e. The Labute approximate surface area is 259 Å². The number of fused-ring (bicyclic) bond motifs is 1. The second kappa shape index (κ2) is 14.4. The third-order valence-corrected chi connectivity index (χ3v) is 9.40. The molecule has 0 saturated heterocycles. The number of carbonyl (C=O) groups is 4. The molecule has 3 amide bonds. The van der Waals surface area contributed by atoms with Crippen LogP contribution in [0.4, 0.5) is 10.7 Å². The molecule has 0 aliphatic carbocycles. The van der Waals surface area contributed by atoms with Crippen molar-refractivity contribution in [2.75, 3.05) is 38.0 Å². The Morgan fingerprint density at radius 1 is 1.00 bits per heavy atom. The summed E-state index contributed by atoms with van der Waals surface area (Å²) in [5, 5.41) is 5.81. The van der Waals surface area contributed by atoms with Crippen molar-refractivity contribution < 1.29 is 33.4 Å². The molecule has 1 unspecified atom stereocenters. The number of hydrogen-bond donors (Lipinski definition) is 2. The Balaban J connectivity index is 1.52. The molecule has 1 aromatic heterocycles. The number of nitrogens with zero attached hydrogens (tertiary/aromatic N) is 1. The predicted molar refractivity (Wildman–Crippen MR) is 168 cm³/mol. The van der Waals surface area contributed by atoms with Crippen LogP contribution in [-0.4, -0.2) is 61.2 Å². The Bertz CT molecular complexity index is 1500. The number of rotatable bonds is 11. The Hall–Kier alpha value is -4.03. The number of esters is 1. The molecular weight excluding hydrogens is 590 g/mol. The fourth-order valence-electron chi connectivity index (χ4n) is 4.77. The zero-order chi connectivity index (χ0) is 31.1. The molecule has 43 heavy (non-hydrogen) atoms. The van der Waals surface area contributed by atoms with E-state index in [1.807, 2.05) is 13.0 Å². The van der Waals surface area contributed by atoms with Gasteiger partial charge in [0.25, 0.3) is 5.91 Å². The quantitative estimate of drug-likeness (QED) is 0.208. The molecule has 0 bridgehead atoms. The van der Waals surface area contributed by atoms with Crippen molar-refractivity contribution in [2.24, 2.45) is 0 Å². The number of benzene rings is 2. The zero-order valence-electron chi connectivity index (χ0n) is 24.8. The Morgan fingerprint density at radius 2 is 1.70 bits per heavy atom. The van der Waals surface area contributed by atoms with Crippen molar-refractivity contribution in [3.8, 4) is 11.5 Å². The molecule has 1 aliphatic heterocycles. The third-order valence-electron chi connectivity index (χ3n) is 6.91. The topological polar surface area (TPSA) is 123 Å². The highest BCUT2D eigenvalue weighted by molar-refractivity contribution is 8.00. The number of thioether (sulfide) groups is 1. The second-order valence-corrected chi connectivity index (χ2v) is 12.0. The van der Waals surface area contributed by atoms with Crippen molar-refractivity contribution >= 4 is 57.5 Å². The number of carbonyl (C=O) groups excluding carboxylic acids is 4. The minimum atomic E-state index is -0.484. The van der Waals surface area contributed by atoms with E-state index in [1.54, 1.807) is 48.2 Å². The summed E-state index contributed by atoms with van der Waals surface area (Å²) in [7, 11) is 2.97. The average Bonchev–Trinajstić information content (AvgIpc) is 3.36. The van der Waals surface area contributed by atoms with E-state index in [1.165, 1.54) is 44.2 Å². The summed E-state index contributed by atoms with van der Waals surface area (Å²) in [6, 6.07) is 12.3. The van der Waals surface area contributed by atoms with Gasteiger partial charge in [0, 0.05) is 28.9 Å². The van der Waals surface area contributed by atoms with Gasteiger partial charge in [0.05, 0.1) is 38.2 Å². The molecule has 3 aromatic rings. The van der Waals surface area contributed by atoms with Crippen LogP contribution in [0.1, 0.15) is 58.3 Å². The lowest BCUT2D eigenvalue weighted by Crippen LogP contribution is -2.34. The predicted octanol–water partition coefficient (Wildman–Crippen LogP) is 5.61. The molecular formula is C31H35N3O7S2. The average molecular weight is 626 g/mol. The molecule has 4 rings (SSSR count). The van der Waals surface area contributed by atoms with Gasteiger partial charge in [-0.3, -0.25) is 14.4 Å². The van der Waals surface area contributed by atoms with Crippen LogP contribution in [-0.2, 0) is 27.3 Å². The van der Waals surface area contributed by atoms with Gasteiger partial charge in [-0.25, -0.2) is 4.79 Å². The zero-order valence-corrected chi connectivity index (χ0v) is 26.4. The molecule has 2 aromatic carbocycles. The van der Waals surface area contributed by atoms with Crippen LogP contribution in [0, 0.1) is 0 Å². The molecule has 0 spiro atoms. The normalized spacial score (nSPS) is 13.0. The number of thiophene rings is 1. The van der Waals surface area contributed by atoms with Crippen molar-refractivity contribution in [1.29, 1.82) is 0 Å². The van der Waals surface area contributed by atoms with Crippen LogP contribution < -0.4 is 20.1 Å². The third kappa shape index (κ3) is 7.31. The number of methoxy groups -OCH3 is 2. The summed E-state index contributed by atoms with van der Waals surface area (Å²) in [5.74, 6) is -0.397. The number of amides is 3. The van der Waals surface area contributed by atoms with Gasteiger partial charge < -0.3 is 29.7 Å². The van der Waals surface area contributed by atoms with E-state index in [4.69, 9.17) is 14.2 Å². The van der Waals surface area contributed by atoms with Crippen LogP contribution in [0.2, 0.25) is 0 Å². The first-order chi connectivity index (χ1) is 20.7. The highest BCUT2D eigenvalue weighted by Crippen LogP contribution is 2.39. The van der Waals surface area contributed by atoms with Crippen molar-refractivity contribution in [3.63, 3.8) is 0 Å². The van der Waals surface area contributed by atoms with E-state index in [0.29, 0.717) is 53.7 Å². The van der Waals surface area contributed by atoms with Gasteiger partial charge in [0.1, 0.15) is 22.1 Å². The first kappa shape index (κ1) is 31.9. The summed E-state index contributed by atoms with van der Waals surface area (Å²) >= 11 is 2.66. The van der Waals surface area contributed by atoms with Gasteiger partial charge in [-0.05, 0) is 55.7 Å². The van der Waals surface area contributed by atoms with Gasteiger partial charge in [-0.1, -0.05) is 19.1 Å². The summed E-state index contributed by atoms with van der Waals surface area (Å²) < 4.78 is 16.0. The minimum absolute atomic E-state index is 0.0368. The van der Waals surface area contributed by atoms with E-state index < -0.39 is 17.1 Å². The maximum atomic E-state index is 13.5. The standard InChI is InChI=1S/C31H35N3O7S2/c1-6-24(28(36)33-30-26(31(38)41-7-2)21-14-15-34(18(3)35)17-25(21)43-30)42-20-11-8-10-19(16-20)32-29(37)27-22(39-4)12-9-13-23(27)40-5/h8-13,16,24H,6-7,14-15,17H2,1-5H3,(H,32,37)(H,33,36). The SMILES string of the molecule is CCOC(=O)c1c(NC(=O)C(CC)Sc2cccc(NC(=O)c3c(OC)cccc3OC)c2)sc2c1CCN(C(C)=O)C2. The van der Waals surface area contributed by atoms with E-state index in [0.717, 1.165) is 15.3 Å². The molecule has 0 saturated carbocycles. The molecule has 1 atom stereocenters. The fraction of sp³-hybridized carbons (Fsp3) is 0.355. The van der Waals surface area contributed by atoms with Gasteiger partial charge in [-0.15, -0.1) is 23.1 Å². The monoisotopic (exact) mass is 625 g/mol. The van der Waals surface area contributed by atoms with Crippen molar-refractivity contribution in [1.82, 2.24) is 4.90 Å². The molecule has 10 nitrogen and oxygen atoms in total. The second-order valence-electron chi connectivity index (χ2n) is 9.64. The lowest BCUT2D eigenvalue weighted by molar-refractivity contribution is -0.129. The van der Waals surface area contributed by atoms with Crippen molar-refractivity contribution in [2.45, 2.75) is 50.3 Å². The van der Waals surface area contributed by atoms with Gasteiger partial charge in [-0.2, -0.15) is 0 Å². The Kier molecular flexibility index (Phi) is 10.7. The molecule has 0 fully saturated rings. The molecule has 1 aliphatic rings. The molecule has 2 heterocycles. The van der Waals surface area contributed by atoms with Gasteiger partial charge >= 0.3 is 5.97 Å². The highest BCUT2D eigenvalue weighted by atomic mass is 32.2. The molecule has 228 valence electrons. The van der Waals surface area contributed by atoms with Crippen LogP contribution in [0.5, 0.6) is 11.5 Å². The minimum Gasteiger partial charge on any atom is -0.496 e. The maximum Gasteiger partial charge on any atom is 0.341 e. The molecule has 2 N–H and O–H groups in total. The lowest BCUT2D eigenvalue weighted by Gasteiger charge is -2.25. The highest BCUT2D eigenvalue weighted by Gasteiger charge is 2.31. The van der Waals surface area contributed by atoms with E-state index in [2.05, 4.69) is 10.6 Å². The molecule has 0 radical (unpaired) electrons. The van der Waals surface area contributed by atoms with Crippen LogP contribution in [0.3, 0.4) is 0 Å². The van der Waals surface area contributed by atoms with Gasteiger partial charge in [0.15, 0.2) is 0 Å². The number of hydrogen-bond acceptors (Lipinski definition) is 9. The molecule has 12 heteroatoms. The fourth-order valence-corrected chi connectivity index (χ4v) is 7.04. The Morgan fingerprint density at radius 3 is 2.33 bits per heavy atom. The number of anilines is 2. The first-order valence-corrected chi connectivity index (χ1v) is 15.6. The summed E-state index contributed by atoms with van der Waals surface area (Å²) in [6.45, 7) is 6.27. The summed E-state index contributed by atoms with van der Waals surface area (Å²) in [5.41, 5.74) is 2.02. The van der Waals surface area contributed by atoms with Crippen LogP contribution in [0.15, 0.2) is 47.4 Å². The van der Waals surface area contributed by atoms with E-state index >= 15 is 0 Å². The number of ether oxygens (including phenoxy) is 3. The van der Waals surface area contributed by atoms with Gasteiger partial charge in [0.2, 0.25) is 11.8 Å². The maximum absolute atomic E-state index is 13.5. The van der Waals surface area contributed by atoms with Crippen LogP contribution in [0.25, 0.3) is 0 Å².